The molecule has 2 unspecified atom stereocenters. The van der Waals surface area contributed by atoms with Crippen molar-refractivity contribution in [1.29, 1.82) is 0 Å². The van der Waals surface area contributed by atoms with Crippen LogP contribution in [-0.4, -0.2) is 22.9 Å². The molecular weight excluding hydrogens is 208 g/mol. The van der Waals surface area contributed by atoms with Crippen molar-refractivity contribution in [3.63, 3.8) is 0 Å². The van der Waals surface area contributed by atoms with Gasteiger partial charge in [-0.2, -0.15) is 0 Å². The Morgan fingerprint density at radius 1 is 1.60 bits per heavy atom. The lowest BCUT2D eigenvalue weighted by Crippen LogP contribution is -2.13. The van der Waals surface area contributed by atoms with Crippen LogP contribution in [0, 0.1) is 0 Å². The lowest BCUT2D eigenvalue weighted by atomic mass is 10.3. The maximum absolute atomic E-state index is 5.56. The number of hydrogen-bond donors (Lipinski definition) is 1. The molecule has 0 bridgehead atoms. The van der Waals surface area contributed by atoms with E-state index in [-0.39, 0.29) is 0 Å². The quantitative estimate of drug-likeness (QED) is 0.850. The number of nitrogens with zero attached hydrogens (tertiary/aromatic N) is 1. The Hall–Kier alpha value is -0.580. The van der Waals surface area contributed by atoms with Gasteiger partial charge in [0.25, 0.3) is 0 Å². The van der Waals surface area contributed by atoms with Crippen molar-refractivity contribution in [1.82, 2.24) is 4.98 Å². The molecular formula is C11H16N2OS. The first-order chi connectivity index (χ1) is 7.29. The Bertz CT molecular complexity index is 332. The summed E-state index contributed by atoms with van der Waals surface area (Å²) in [7, 11) is 0. The minimum Gasteiger partial charge on any atom is -0.377 e. The van der Waals surface area contributed by atoms with Gasteiger partial charge in [-0.05, 0) is 25.5 Å². The van der Waals surface area contributed by atoms with E-state index in [0.29, 0.717) is 17.9 Å². The predicted molar refractivity (Wildman–Crippen MR) is 61.8 cm³/mol. The van der Waals surface area contributed by atoms with Gasteiger partial charge in [0.05, 0.1) is 16.8 Å². The van der Waals surface area contributed by atoms with E-state index in [1.165, 1.54) is 0 Å². The van der Waals surface area contributed by atoms with E-state index in [1.54, 1.807) is 11.8 Å². The summed E-state index contributed by atoms with van der Waals surface area (Å²) in [6.45, 7) is 3.50. The summed E-state index contributed by atoms with van der Waals surface area (Å²) >= 11 is 1.80. The average molecular weight is 224 g/mol. The minimum atomic E-state index is 0.332. The van der Waals surface area contributed by atoms with E-state index in [4.69, 9.17) is 10.5 Å². The molecule has 0 spiro atoms. The van der Waals surface area contributed by atoms with Crippen molar-refractivity contribution >= 4 is 11.8 Å². The molecule has 2 N–H and O–H groups in total. The molecule has 1 saturated heterocycles. The highest BCUT2D eigenvalue weighted by atomic mass is 32.2. The summed E-state index contributed by atoms with van der Waals surface area (Å²) in [6.07, 6.45) is 1.44. The largest absolute Gasteiger partial charge is 0.377 e. The lowest BCUT2D eigenvalue weighted by Gasteiger charge is -2.12. The van der Waals surface area contributed by atoms with Crippen LogP contribution in [0.1, 0.15) is 19.0 Å². The van der Waals surface area contributed by atoms with Crippen LogP contribution in [0.25, 0.3) is 0 Å². The molecule has 4 heteroatoms. The monoisotopic (exact) mass is 224 g/mol. The summed E-state index contributed by atoms with van der Waals surface area (Å²) in [5, 5.41) is 1.59. The fraction of sp³-hybridized carbons (Fsp3) is 0.545. The molecule has 0 amide bonds. The van der Waals surface area contributed by atoms with Gasteiger partial charge in [0.1, 0.15) is 0 Å². The zero-order valence-corrected chi connectivity index (χ0v) is 9.67. The molecule has 15 heavy (non-hydrogen) atoms. The first-order valence-electron chi connectivity index (χ1n) is 5.24. The molecule has 2 rings (SSSR count). The van der Waals surface area contributed by atoms with Crippen molar-refractivity contribution in [3.8, 4) is 0 Å². The Morgan fingerprint density at radius 3 is 3.13 bits per heavy atom. The van der Waals surface area contributed by atoms with E-state index in [2.05, 4.69) is 11.9 Å². The molecule has 2 atom stereocenters. The molecule has 3 nitrogen and oxygen atoms in total. The van der Waals surface area contributed by atoms with Crippen LogP contribution in [0.2, 0.25) is 0 Å². The highest BCUT2D eigenvalue weighted by Gasteiger charge is 2.25. The molecule has 0 radical (unpaired) electrons. The van der Waals surface area contributed by atoms with Gasteiger partial charge in [0.15, 0.2) is 0 Å². The third kappa shape index (κ3) is 2.71. The number of thioether (sulfide) groups is 1. The van der Waals surface area contributed by atoms with Crippen LogP contribution in [0.3, 0.4) is 0 Å². The van der Waals surface area contributed by atoms with Gasteiger partial charge in [-0.3, -0.25) is 0 Å². The molecule has 82 valence electrons. The zero-order chi connectivity index (χ0) is 10.7. The lowest BCUT2D eigenvalue weighted by molar-refractivity contribution is 0.127. The van der Waals surface area contributed by atoms with E-state index in [1.807, 2.05) is 18.2 Å². The molecule has 1 fully saturated rings. The highest BCUT2D eigenvalue weighted by Crippen LogP contribution is 2.31. The fourth-order valence-electron chi connectivity index (χ4n) is 1.66. The van der Waals surface area contributed by atoms with E-state index in [0.717, 1.165) is 23.7 Å². The third-order valence-electron chi connectivity index (χ3n) is 2.57. The number of rotatable bonds is 3. The van der Waals surface area contributed by atoms with Crippen molar-refractivity contribution < 1.29 is 4.74 Å². The number of ether oxygens (including phenoxy) is 1. The molecule has 0 saturated carbocycles. The van der Waals surface area contributed by atoms with Gasteiger partial charge in [-0.25, -0.2) is 4.98 Å². The number of hydrogen-bond acceptors (Lipinski definition) is 4. The zero-order valence-electron chi connectivity index (χ0n) is 8.85. The number of pyridine rings is 1. The van der Waals surface area contributed by atoms with Gasteiger partial charge in [-0.1, -0.05) is 6.07 Å². The van der Waals surface area contributed by atoms with E-state index < -0.39 is 0 Å². The summed E-state index contributed by atoms with van der Waals surface area (Å²) < 4.78 is 5.52. The van der Waals surface area contributed by atoms with Crippen molar-refractivity contribution in [2.75, 3.05) is 6.61 Å². The smallest absolute Gasteiger partial charge is 0.0967 e. The predicted octanol–water partition coefficient (Wildman–Crippen LogP) is 1.81. The first-order valence-corrected chi connectivity index (χ1v) is 6.12. The number of aromatic nitrogens is 1. The fourth-order valence-corrected chi connectivity index (χ4v) is 2.78. The Labute approximate surface area is 94.4 Å². The van der Waals surface area contributed by atoms with Crippen LogP contribution in [0.15, 0.2) is 23.2 Å². The van der Waals surface area contributed by atoms with Crippen LogP contribution < -0.4 is 5.73 Å². The first kappa shape index (κ1) is 10.9. The van der Waals surface area contributed by atoms with Crippen LogP contribution >= 0.6 is 11.8 Å². The highest BCUT2D eigenvalue weighted by molar-refractivity contribution is 7.99. The second kappa shape index (κ2) is 4.96. The molecule has 1 aliphatic heterocycles. The second-order valence-corrected chi connectivity index (χ2v) is 4.95. The summed E-state index contributed by atoms with van der Waals surface area (Å²) in [6, 6.07) is 6.01. The van der Waals surface area contributed by atoms with Crippen molar-refractivity contribution in [2.24, 2.45) is 5.73 Å². The molecule has 1 aromatic rings. The molecule has 2 heterocycles. The topological polar surface area (TPSA) is 48.1 Å². The van der Waals surface area contributed by atoms with E-state index in [9.17, 15) is 0 Å². The summed E-state index contributed by atoms with van der Waals surface area (Å²) in [5.74, 6) is 0. The molecule has 0 aliphatic carbocycles. The van der Waals surface area contributed by atoms with Crippen molar-refractivity contribution in [3.05, 3.63) is 23.9 Å². The SMILES string of the molecule is CC1OCCC1Sc1cccc(CN)n1. The van der Waals surface area contributed by atoms with E-state index >= 15 is 0 Å². The maximum Gasteiger partial charge on any atom is 0.0967 e. The maximum atomic E-state index is 5.56. The van der Waals surface area contributed by atoms with Crippen LogP contribution in [0.5, 0.6) is 0 Å². The van der Waals surface area contributed by atoms with Gasteiger partial charge < -0.3 is 10.5 Å². The minimum absolute atomic E-state index is 0.332. The van der Waals surface area contributed by atoms with Crippen molar-refractivity contribution in [2.45, 2.75) is 36.3 Å². The molecule has 1 aromatic heterocycles. The average Bonchev–Trinajstić information content (AvgIpc) is 2.65. The van der Waals surface area contributed by atoms with Gasteiger partial charge in [0.2, 0.25) is 0 Å². The van der Waals surface area contributed by atoms with Gasteiger partial charge in [-0.15, -0.1) is 11.8 Å². The Kier molecular flexibility index (Phi) is 3.61. The van der Waals surface area contributed by atoms with Gasteiger partial charge in [0, 0.05) is 18.4 Å². The third-order valence-corrected chi connectivity index (χ3v) is 3.96. The standard InChI is InChI=1S/C11H16N2OS/c1-8-10(5-6-14-8)15-11-4-2-3-9(7-12)13-11/h2-4,8,10H,5-7,12H2,1H3. The Balaban J connectivity index is 2.03. The van der Waals surface area contributed by atoms with Crippen LogP contribution in [0.4, 0.5) is 0 Å². The van der Waals surface area contributed by atoms with Crippen LogP contribution in [-0.2, 0) is 11.3 Å². The molecule has 1 aliphatic rings. The second-order valence-electron chi connectivity index (χ2n) is 3.69. The Morgan fingerprint density at radius 2 is 2.47 bits per heavy atom. The summed E-state index contributed by atoms with van der Waals surface area (Å²) in [4.78, 5) is 4.47. The molecule has 0 aromatic carbocycles. The van der Waals surface area contributed by atoms with Gasteiger partial charge >= 0.3 is 0 Å². The normalized spacial score (nSPS) is 25.7. The number of nitrogens with two attached hydrogens (primary N) is 1. The summed E-state index contributed by atoms with van der Waals surface area (Å²) in [5.41, 5.74) is 6.51.